The first kappa shape index (κ1) is 13.8. The van der Waals surface area contributed by atoms with Crippen molar-refractivity contribution >= 4 is 11.6 Å². The number of halogens is 2. The summed E-state index contributed by atoms with van der Waals surface area (Å²) in [4.78, 5) is 0. The van der Waals surface area contributed by atoms with Gasteiger partial charge in [0.05, 0.1) is 11.1 Å². The molecule has 0 aliphatic rings. The summed E-state index contributed by atoms with van der Waals surface area (Å²) in [6, 6.07) is 11.7. The maximum Gasteiger partial charge on any atom is 0.141 e. The molecule has 0 radical (unpaired) electrons. The minimum absolute atomic E-state index is 0.0823. The summed E-state index contributed by atoms with van der Waals surface area (Å²) in [5.41, 5.74) is 1.57. The number of rotatable bonds is 4. The number of aliphatic hydroxyl groups is 1. The molecule has 0 fully saturated rings. The molecule has 100 valence electrons. The third kappa shape index (κ3) is 3.69. The molecule has 0 aliphatic heterocycles. The number of aliphatic hydroxyl groups excluding tert-OH is 1. The van der Waals surface area contributed by atoms with Crippen LogP contribution in [0.5, 0.6) is 5.75 Å². The Morgan fingerprint density at radius 2 is 2.05 bits per heavy atom. The minimum atomic E-state index is -0.538. The summed E-state index contributed by atoms with van der Waals surface area (Å²) in [5.74, 6) is 0.209. The number of hydrogen-bond donors (Lipinski definition) is 1. The Hall–Kier alpha value is -1.58. The SMILES string of the molecule is CC(O)c1cccc(OCc2ccc(F)c(Cl)c2)c1. The molecule has 0 bridgehead atoms. The summed E-state index contributed by atoms with van der Waals surface area (Å²) in [5, 5.41) is 9.57. The molecule has 1 N–H and O–H groups in total. The van der Waals surface area contributed by atoms with Gasteiger partial charge in [0.1, 0.15) is 18.2 Å². The van der Waals surface area contributed by atoms with E-state index in [0.717, 1.165) is 11.1 Å². The quantitative estimate of drug-likeness (QED) is 0.913. The van der Waals surface area contributed by atoms with Crippen molar-refractivity contribution in [3.63, 3.8) is 0 Å². The van der Waals surface area contributed by atoms with Crippen molar-refractivity contribution in [2.75, 3.05) is 0 Å². The maximum absolute atomic E-state index is 13.0. The van der Waals surface area contributed by atoms with Crippen LogP contribution < -0.4 is 4.74 Å². The van der Waals surface area contributed by atoms with Crippen LogP contribution in [0.3, 0.4) is 0 Å². The monoisotopic (exact) mass is 280 g/mol. The number of ether oxygens (including phenoxy) is 1. The smallest absolute Gasteiger partial charge is 0.141 e. The average Bonchev–Trinajstić information content (AvgIpc) is 2.40. The fourth-order valence-corrected chi connectivity index (χ4v) is 1.86. The summed E-state index contributed by atoms with van der Waals surface area (Å²) >= 11 is 5.70. The largest absolute Gasteiger partial charge is 0.489 e. The lowest BCUT2D eigenvalue weighted by molar-refractivity contribution is 0.198. The second-order valence-electron chi connectivity index (χ2n) is 4.29. The molecule has 0 saturated heterocycles. The van der Waals surface area contributed by atoms with Crippen LogP contribution in [-0.2, 0) is 6.61 Å². The van der Waals surface area contributed by atoms with Crippen molar-refractivity contribution in [2.45, 2.75) is 19.6 Å². The Bertz CT molecular complexity index is 570. The van der Waals surface area contributed by atoms with Crippen molar-refractivity contribution in [1.29, 1.82) is 0 Å². The van der Waals surface area contributed by atoms with Gasteiger partial charge in [-0.05, 0) is 42.3 Å². The number of hydrogen-bond acceptors (Lipinski definition) is 2. The van der Waals surface area contributed by atoms with Crippen molar-refractivity contribution in [2.24, 2.45) is 0 Å². The summed E-state index contributed by atoms with van der Waals surface area (Å²) in [6.45, 7) is 1.99. The molecule has 0 spiro atoms. The van der Waals surface area contributed by atoms with Crippen LogP contribution in [0.15, 0.2) is 42.5 Å². The highest BCUT2D eigenvalue weighted by molar-refractivity contribution is 6.30. The number of benzene rings is 2. The maximum atomic E-state index is 13.0. The molecule has 1 unspecified atom stereocenters. The molecular formula is C15H14ClFO2. The molecule has 0 amide bonds. The lowest BCUT2D eigenvalue weighted by Gasteiger charge is -2.10. The summed E-state index contributed by atoms with van der Waals surface area (Å²) in [7, 11) is 0. The molecule has 0 heterocycles. The molecule has 2 aromatic carbocycles. The van der Waals surface area contributed by atoms with Crippen molar-refractivity contribution in [1.82, 2.24) is 0 Å². The lowest BCUT2D eigenvalue weighted by Crippen LogP contribution is -1.97. The van der Waals surface area contributed by atoms with Gasteiger partial charge in [0.15, 0.2) is 0 Å². The average molecular weight is 281 g/mol. The predicted octanol–water partition coefficient (Wildman–Crippen LogP) is 4.11. The first-order chi connectivity index (χ1) is 9.06. The molecular weight excluding hydrogens is 267 g/mol. The minimum Gasteiger partial charge on any atom is -0.489 e. The molecule has 4 heteroatoms. The van der Waals surface area contributed by atoms with Crippen LogP contribution in [0.2, 0.25) is 5.02 Å². The fraction of sp³-hybridized carbons (Fsp3) is 0.200. The van der Waals surface area contributed by atoms with Crippen LogP contribution in [-0.4, -0.2) is 5.11 Å². The zero-order chi connectivity index (χ0) is 13.8. The van der Waals surface area contributed by atoms with E-state index in [4.69, 9.17) is 16.3 Å². The van der Waals surface area contributed by atoms with E-state index in [2.05, 4.69) is 0 Å². The van der Waals surface area contributed by atoms with Crippen LogP contribution in [0.25, 0.3) is 0 Å². The van der Waals surface area contributed by atoms with Crippen molar-refractivity contribution < 1.29 is 14.2 Å². The van der Waals surface area contributed by atoms with E-state index >= 15 is 0 Å². The van der Waals surface area contributed by atoms with Crippen molar-refractivity contribution in [3.8, 4) is 5.75 Å². The third-order valence-electron chi connectivity index (χ3n) is 2.73. The van der Waals surface area contributed by atoms with E-state index in [1.165, 1.54) is 12.1 Å². The Kier molecular flexibility index (Phi) is 4.40. The van der Waals surface area contributed by atoms with Gasteiger partial charge in [-0.3, -0.25) is 0 Å². The Balaban J connectivity index is 2.05. The fourth-order valence-electron chi connectivity index (χ4n) is 1.66. The van der Waals surface area contributed by atoms with E-state index in [9.17, 15) is 9.50 Å². The van der Waals surface area contributed by atoms with Gasteiger partial charge in [0.2, 0.25) is 0 Å². The second-order valence-corrected chi connectivity index (χ2v) is 4.69. The zero-order valence-corrected chi connectivity index (χ0v) is 11.2. The van der Waals surface area contributed by atoms with Gasteiger partial charge in [0.25, 0.3) is 0 Å². The highest BCUT2D eigenvalue weighted by Crippen LogP contribution is 2.21. The first-order valence-electron chi connectivity index (χ1n) is 5.91. The Morgan fingerprint density at radius 3 is 2.74 bits per heavy atom. The van der Waals surface area contributed by atoms with Crippen LogP contribution in [0.4, 0.5) is 4.39 Å². The third-order valence-corrected chi connectivity index (χ3v) is 3.02. The van der Waals surface area contributed by atoms with E-state index in [0.29, 0.717) is 12.4 Å². The summed E-state index contributed by atoms with van der Waals surface area (Å²) in [6.07, 6.45) is -0.538. The standard InChI is InChI=1S/C15H14ClFO2/c1-10(18)12-3-2-4-13(8-12)19-9-11-5-6-15(17)14(16)7-11/h2-8,10,18H,9H2,1H3. The highest BCUT2D eigenvalue weighted by Gasteiger charge is 2.04. The molecule has 0 saturated carbocycles. The van der Waals surface area contributed by atoms with Gasteiger partial charge in [0, 0.05) is 0 Å². The van der Waals surface area contributed by atoms with E-state index in [1.807, 2.05) is 12.1 Å². The van der Waals surface area contributed by atoms with Crippen LogP contribution in [0.1, 0.15) is 24.2 Å². The van der Waals surface area contributed by atoms with Gasteiger partial charge in [-0.2, -0.15) is 0 Å². The molecule has 2 aromatic rings. The van der Waals surface area contributed by atoms with Gasteiger partial charge in [-0.15, -0.1) is 0 Å². The normalized spacial score (nSPS) is 12.2. The van der Waals surface area contributed by atoms with Crippen LogP contribution >= 0.6 is 11.6 Å². The molecule has 2 nitrogen and oxygen atoms in total. The van der Waals surface area contributed by atoms with E-state index < -0.39 is 11.9 Å². The predicted molar refractivity (Wildman–Crippen MR) is 72.8 cm³/mol. The Labute approximate surface area is 116 Å². The molecule has 0 aromatic heterocycles. The zero-order valence-electron chi connectivity index (χ0n) is 10.4. The van der Waals surface area contributed by atoms with E-state index in [1.54, 1.807) is 25.1 Å². The second kappa shape index (κ2) is 6.04. The van der Waals surface area contributed by atoms with Gasteiger partial charge in [-0.25, -0.2) is 4.39 Å². The van der Waals surface area contributed by atoms with Gasteiger partial charge < -0.3 is 9.84 Å². The molecule has 19 heavy (non-hydrogen) atoms. The Morgan fingerprint density at radius 1 is 1.26 bits per heavy atom. The lowest BCUT2D eigenvalue weighted by atomic mass is 10.1. The topological polar surface area (TPSA) is 29.5 Å². The van der Waals surface area contributed by atoms with Crippen molar-refractivity contribution in [3.05, 3.63) is 64.4 Å². The highest BCUT2D eigenvalue weighted by atomic mass is 35.5. The van der Waals surface area contributed by atoms with Gasteiger partial charge >= 0.3 is 0 Å². The molecule has 1 atom stereocenters. The molecule has 2 rings (SSSR count). The first-order valence-corrected chi connectivity index (χ1v) is 6.29. The van der Waals surface area contributed by atoms with Gasteiger partial charge in [-0.1, -0.05) is 29.8 Å². The summed E-state index contributed by atoms with van der Waals surface area (Å²) < 4.78 is 18.6. The van der Waals surface area contributed by atoms with E-state index in [-0.39, 0.29) is 5.02 Å². The molecule has 0 aliphatic carbocycles. The van der Waals surface area contributed by atoms with Crippen LogP contribution in [0, 0.1) is 5.82 Å².